The number of imidazole rings is 1. The van der Waals surface area contributed by atoms with Gasteiger partial charge >= 0.3 is 0 Å². The minimum absolute atomic E-state index is 0.346. The lowest BCUT2D eigenvalue weighted by molar-refractivity contribution is 0.106. The summed E-state index contributed by atoms with van der Waals surface area (Å²) in [6.07, 6.45) is 3.55. The molecule has 0 radical (unpaired) electrons. The molecule has 2 N–H and O–H groups in total. The van der Waals surface area contributed by atoms with Crippen molar-refractivity contribution in [3.63, 3.8) is 0 Å². The molecule has 2 aromatic rings. The van der Waals surface area contributed by atoms with E-state index in [1.165, 1.54) is 0 Å². The molecule has 1 aromatic heterocycles. The van der Waals surface area contributed by atoms with Gasteiger partial charge in [0.2, 0.25) is 5.95 Å². The van der Waals surface area contributed by atoms with Gasteiger partial charge < -0.3 is 15.0 Å². The number of aromatic nitrogens is 2. The molecule has 3 rings (SSSR count). The third-order valence-corrected chi connectivity index (χ3v) is 4.23. The monoisotopic (exact) mass is 309 g/mol. The van der Waals surface area contributed by atoms with Crippen LogP contribution in [0.1, 0.15) is 25.3 Å². The molecular formula is C13H16BrN3O. The molecule has 1 aliphatic carbocycles. The van der Waals surface area contributed by atoms with Gasteiger partial charge in [-0.1, -0.05) is 15.9 Å². The molecule has 1 fully saturated rings. The van der Waals surface area contributed by atoms with Crippen LogP contribution in [0.3, 0.4) is 0 Å². The van der Waals surface area contributed by atoms with E-state index in [0.29, 0.717) is 18.1 Å². The lowest BCUT2D eigenvalue weighted by atomic mass is 10.2. The second-order valence-corrected chi connectivity index (χ2v) is 5.71. The number of halogens is 1. The highest BCUT2D eigenvalue weighted by molar-refractivity contribution is 9.10. The van der Waals surface area contributed by atoms with Crippen molar-refractivity contribution in [1.82, 2.24) is 9.55 Å². The van der Waals surface area contributed by atoms with E-state index >= 15 is 0 Å². The molecule has 5 heteroatoms. The Hall–Kier alpha value is -1.07. The first-order chi connectivity index (χ1) is 8.69. The zero-order valence-electron chi connectivity index (χ0n) is 10.3. The fourth-order valence-corrected chi connectivity index (χ4v) is 3.18. The van der Waals surface area contributed by atoms with Crippen LogP contribution in [0.5, 0.6) is 0 Å². The van der Waals surface area contributed by atoms with E-state index in [1.807, 2.05) is 12.1 Å². The molecule has 0 amide bonds. The van der Waals surface area contributed by atoms with Crippen LogP contribution >= 0.6 is 15.9 Å². The van der Waals surface area contributed by atoms with E-state index in [1.54, 1.807) is 7.11 Å². The fourth-order valence-electron chi connectivity index (χ4n) is 2.83. The maximum Gasteiger partial charge on any atom is 0.201 e. The molecule has 96 valence electrons. The number of methoxy groups -OCH3 is 1. The summed E-state index contributed by atoms with van der Waals surface area (Å²) in [6, 6.07) is 6.47. The summed E-state index contributed by atoms with van der Waals surface area (Å²) in [5.41, 5.74) is 8.12. The van der Waals surface area contributed by atoms with Crippen LogP contribution in [0.2, 0.25) is 0 Å². The van der Waals surface area contributed by atoms with Crippen molar-refractivity contribution >= 4 is 32.9 Å². The summed E-state index contributed by atoms with van der Waals surface area (Å²) < 4.78 is 8.64. The minimum atomic E-state index is 0.346. The Morgan fingerprint density at radius 1 is 1.44 bits per heavy atom. The number of hydrogen-bond donors (Lipinski definition) is 1. The molecule has 2 unspecified atom stereocenters. The Bertz CT molecular complexity index is 581. The van der Waals surface area contributed by atoms with Crippen LogP contribution in [0, 0.1) is 0 Å². The van der Waals surface area contributed by atoms with E-state index in [-0.39, 0.29) is 0 Å². The van der Waals surface area contributed by atoms with Gasteiger partial charge in [-0.3, -0.25) is 0 Å². The van der Waals surface area contributed by atoms with Gasteiger partial charge in [0.15, 0.2) is 0 Å². The molecule has 0 spiro atoms. The van der Waals surface area contributed by atoms with E-state index in [2.05, 4.69) is 31.5 Å². The lowest BCUT2D eigenvalue weighted by Crippen LogP contribution is -2.11. The topological polar surface area (TPSA) is 53.1 Å². The van der Waals surface area contributed by atoms with E-state index in [9.17, 15) is 0 Å². The second kappa shape index (κ2) is 4.55. The quantitative estimate of drug-likeness (QED) is 0.927. The second-order valence-electron chi connectivity index (χ2n) is 4.80. The standard InChI is InChI=1S/C13H16BrN3O/c1-18-10-4-3-9(7-10)17-12-6-8(14)2-5-11(12)16-13(17)15/h2,5-6,9-10H,3-4,7H2,1H3,(H2,15,16). The molecule has 0 saturated heterocycles. The van der Waals surface area contributed by atoms with Gasteiger partial charge in [0.25, 0.3) is 0 Å². The van der Waals surface area contributed by atoms with Crippen molar-refractivity contribution in [2.45, 2.75) is 31.4 Å². The first-order valence-corrected chi connectivity index (χ1v) is 6.94. The van der Waals surface area contributed by atoms with E-state index in [0.717, 1.165) is 34.8 Å². The van der Waals surface area contributed by atoms with Gasteiger partial charge in [0.1, 0.15) is 0 Å². The van der Waals surface area contributed by atoms with Gasteiger partial charge in [-0.05, 0) is 37.5 Å². The first kappa shape index (κ1) is 12.0. The lowest BCUT2D eigenvalue weighted by Gasteiger charge is -2.15. The maximum atomic E-state index is 6.07. The van der Waals surface area contributed by atoms with Crippen molar-refractivity contribution < 1.29 is 4.74 Å². The molecule has 0 bridgehead atoms. The number of nitrogens with zero attached hydrogens (tertiary/aromatic N) is 2. The molecule has 0 aliphatic heterocycles. The summed E-state index contributed by atoms with van der Waals surface area (Å²) in [6.45, 7) is 0. The molecule has 2 atom stereocenters. The minimum Gasteiger partial charge on any atom is -0.381 e. The molecule has 1 aromatic carbocycles. The molecule has 18 heavy (non-hydrogen) atoms. The highest BCUT2D eigenvalue weighted by Gasteiger charge is 2.28. The van der Waals surface area contributed by atoms with Crippen molar-refractivity contribution in [3.05, 3.63) is 22.7 Å². The van der Waals surface area contributed by atoms with Crippen molar-refractivity contribution in [2.75, 3.05) is 12.8 Å². The summed E-state index contributed by atoms with van der Waals surface area (Å²) in [5.74, 6) is 0.602. The summed E-state index contributed by atoms with van der Waals surface area (Å²) in [5, 5.41) is 0. The van der Waals surface area contributed by atoms with Crippen LogP contribution in [0.15, 0.2) is 22.7 Å². The molecule has 1 saturated carbocycles. The molecule has 4 nitrogen and oxygen atoms in total. The molecule has 1 heterocycles. The smallest absolute Gasteiger partial charge is 0.201 e. The van der Waals surface area contributed by atoms with E-state index in [4.69, 9.17) is 10.5 Å². The van der Waals surface area contributed by atoms with Crippen LogP contribution in [0.4, 0.5) is 5.95 Å². The Morgan fingerprint density at radius 2 is 2.28 bits per heavy atom. The number of benzene rings is 1. The Kier molecular flexibility index (Phi) is 3.03. The third-order valence-electron chi connectivity index (χ3n) is 3.73. The van der Waals surface area contributed by atoms with Crippen molar-refractivity contribution in [2.24, 2.45) is 0 Å². The number of anilines is 1. The van der Waals surface area contributed by atoms with Gasteiger partial charge in [-0.2, -0.15) is 0 Å². The fraction of sp³-hybridized carbons (Fsp3) is 0.462. The zero-order chi connectivity index (χ0) is 12.7. The van der Waals surface area contributed by atoms with Crippen LogP contribution in [0.25, 0.3) is 11.0 Å². The zero-order valence-corrected chi connectivity index (χ0v) is 11.9. The van der Waals surface area contributed by atoms with Crippen LogP contribution in [-0.4, -0.2) is 22.8 Å². The number of nitrogens with two attached hydrogens (primary N) is 1. The maximum absolute atomic E-state index is 6.07. The highest BCUT2D eigenvalue weighted by Crippen LogP contribution is 2.36. The van der Waals surface area contributed by atoms with E-state index < -0.39 is 0 Å². The Labute approximate surface area is 114 Å². The number of ether oxygens (including phenoxy) is 1. The average Bonchev–Trinajstić information content (AvgIpc) is 2.92. The van der Waals surface area contributed by atoms with Crippen molar-refractivity contribution in [3.8, 4) is 0 Å². The Balaban J connectivity index is 2.05. The van der Waals surface area contributed by atoms with Crippen molar-refractivity contribution in [1.29, 1.82) is 0 Å². The Morgan fingerprint density at radius 3 is 3.00 bits per heavy atom. The predicted molar refractivity (Wildman–Crippen MR) is 75.5 cm³/mol. The number of rotatable bonds is 2. The summed E-state index contributed by atoms with van der Waals surface area (Å²) in [4.78, 5) is 4.43. The van der Waals surface area contributed by atoms with Gasteiger partial charge in [0.05, 0.1) is 17.1 Å². The number of hydrogen-bond acceptors (Lipinski definition) is 3. The van der Waals surface area contributed by atoms with Crippen LogP contribution < -0.4 is 5.73 Å². The van der Waals surface area contributed by atoms with Gasteiger partial charge in [0, 0.05) is 17.6 Å². The van der Waals surface area contributed by atoms with Crippen LogP contribution in [-0.2, 0) is 4.74 Å². The number of fused-ring (bicyclic) bond motifs is 1. The third kappa shape index (κ3) is 1.91. The number of nitrogen functional groups attached to an aromatic ring is 1. The average molecular weight is 310 g/mol. The van der Waals surface area contributed by atoms with Gasteiger partial charge in [-0.15, -0.1) is 0 Å². The molecule has 1 aliphatic rings. The normalized spacial score (nSPS) is 23.9. The predicted octanol–water partition coefficient (Wildman–Crippen LogP) is 3.12. The first-order valence-electron chi connectivity index (χ1n) is 6.15. The summed E-state index contributed by atoms with van der Waals surface area (Å²) in [7, 11) is 1.78. The highest BCUT2D eigenvalue weighted by atomic mass is 79.9. The summed E-state index contributed by atoms with van der Waals surface area (Å²) >= 11 is 3.50. The SMILES string of the molecule is COC1CCC(n2c(N)nc3ccc(Br)cc32)C1. The molecular weight excluding hydrogens is 294 g/mol. The van der Waals surface area contributed by atoms with Gasteiger partial charge in [-0.25, -0.2) is 4.98 Å². The largest absolute Gasteiger partial charge is 0.381 e.